The van der Waals surface area contributed by atoms with Crippen molar-refractivity contribution in [2.75, 3.05) is 11.9 Å². The fourth-order valence-electron chi connectivity index (χ4n) is 4.27. The van der Waals surface area contributed by atoms with Gasteiger partial charge in [0.15, 0.2) is 5.65 Å². The van der Waals surface area contributed by atoms with E-state index in [9.17, 15) is 18.0 Å². The second-order valence-corrected chi connectivity index (χ2v) is 9.76. The molecule has 1 aliphatic carbocycles. The molecule has 0 spiro atoms. The molecule has 6 nitrogen and oxygen atoms in total. The summed E-state index contributed by atoms with van der Waals surface area (Å²) >= 11 is 0. The average molecular weight is 508 g/mol. The second-order valence-electron chi connectivity index (χ2n) is 9.76. The van der Waals surface area contributed by atoms with Crippen molar-refractivity contribution in [2.24, 2.45) is 0 Å². The Morgan fingerprint density at radius 1 is 1.16 bits per heavy atom. The van der Waals surface area contributed by atoms with Crippen LogP contribution in [0, 0.1) is 12.7 Å². The number of rotatable bonds is 9. The van der Waals surface area contributed by atoms with E-state index in [4.69, 9.17) is 5.10 Å². The van der Waals surface area contributed by atoms with Gasteiger partial charge in [0, 0.05) is 36.6 Å². The molecule has 0 saturated heterocycles. The van der Waals surface area contributed by atoms with Crippen LogP contribution in [0.25, 0.3) is 16.9 Å². The largest absolute Gasteiger partial charge is 0.382 e. The normalized spacial score (nSPS) is 13.6. The quantitative estimate of drug-likeness (QED) is 0.301. The summed E-state index contributed by atoms with van der Waals surface area (Å²) in [6.07, 6.45) is 3.72. The summed E-state index contributed by atoms with van der Waals surface area (Å²) in [5.74, 6) is -3.22. The highest BCUT2D eigenvalue weighted by atomic mass is 19.3. The summed E-state index contributed by atoms with van der Waals surface area (Å²) in [4.78, 5) is 17.1. The number of nitrogens with one attached hydrogen (secondary N) is 2. The summed E-state index contributed by atoms with van der Waals surface area (Å²) in [5, 5.41) is 10.8. The molecule has 0 radical (unpaired) electrons. The van der Waals surface area contributed by atoms with Crippen molar-refractivity contribution in [1.29, 1.82) is 0 Å². The fourth-order valence-corrected chi connectivity index (χ4v) is 4.27. The lowest BCUT2D eigenvalue weighted by Gasteiger charge is -2.14. The lowest BCUT2D eigenvalue weighted by molar-refractivity contribution is 0.0167. The molecular formula is C28H28F3N5O. The monoisotopic (exact) mass is 507 g/mol. The standard InChI is InChI=1S/C28H28F3N5O/c1-17-12-19(6-9-23(17)27(37)34-21-7-8-21)25-16-33-26-24(32-11-10-28(2,30)31)15-22(35-36(25)26)14-18-4-3-5-20(29)13-18/h3-6,9,12-13,15-16,21,32H,7-8,10-11,14H2,1-2H3,(H,34,37). The first kappa shape index (κ1) is 24.8. The van der Waals surface area contributed by atoms with Gasteiger partial charge in [-0.25, -0.2) is 22.7 Å². The average Bonchev–Trinajstić information content (AvgIpc) is 3.53. The third-order valence-corrected chi connectivity index (χ3v) is 6.35. The van der Waals surface area contributed by atoms with Gasteiger partial charge in [0.05, 0.1) is 23.3 Å². The molecule has 0 atom stereocenters. The van der Waals surface area contributed by atoms with Gasteiger partial charge in [-0.3, -0.25) is 4.79 Å². The number of halogens is 3. The predicted octanol–water partition coefficient (Wildman–Crippen LogP) is 5.78. The highest BCUT2D eigenvalue weighted by Crippen LogP contribution is 2.28. The maximum Gasteiger partial charge on any atom is 0.251 e. The zero-order valence-corrected chi connectivity index (χ0v) is 20.7. The van der Waals surface area contributed by atoms with Crippen LogP contribution in [0.1, 0.15) is 53.4 Å². The van der Waals surface area contributed by atoms with Gasteiger partial charge in [0.1, 0.15) is 5.82 Å². The number of nitrogens with zero attached hydrogens (tertiary/aromatic N) is 3. The van der Waals surface area contributed by atoms with E-state index in [1.54, 1.807) is 28.9 Å². The Labute approximate surface area is 212 Å². The van der Waals surface area contributed by atoms with Crippen LogP contribution in [-0.4, -0.2) is 39.0 Å². The van der Waals surface area contributed by atoms with Crippen molar-refractivity contribution < 1.29 is 18.0 Å². The lowest BCUT2D eigenvalue weighted by atomic mass is 10.0. The van der Waals surface area contributed by atoms with Crippen LogP contribution in [-0.2, 0) is 6.42 Å². The third kappa shape index (κ3) is 5.93. The Morgan fingerprint density at radius 3 is 2.68 bits per heavy atom. The number of aryl methyl sites for hydroxylation is 1. The number of hydrogen-bond donors (Lipinski definition) is 2. The second kappa shape index (κ2) is 9.88. The van der Waals surface area contributed by atoms with E-state index in [2.05, 4.69) is 15.6 Å². The SMILES string of the molecule is Cc1cc(-c2cnc3c(NCCC(C)(F)F)cc(Cc4cccc(F)c4)nn23)ccc1C(=O)NC1CC1. The smallest absolute Gasteiger partial charge is 0.251 e. The van der Waals surface area contributed by atoms with E-state index in [-0.39, 0.29) is 30.7 Å². The maximum atomic E-state index is 13.8. The first-order valence-corrected chi connectivity index (χ1v) is 12.3. The zero-order chi connectivity index (χ0) is 26.2. The van der Waals surface area contributed by atoms with E-state index < -0.39 is 5.92 Å². The number of imidazole rings is 1. The molecule has 37 heavy (non-hydrogen) atoms. The molecule has 2 aromatic heterocycles. The van der Waals surface area contributed by atoms with Crippen LogP contribution >= 0.6 is 0 Å². The molecule has 2 N–H and O–H groups in total. The van der Waals surface area contributed by atoms with Gasteiger partial charge in [-0.05, 0) is 68.1 Å². The number of carbonyl (C=O) groups excluding carboxylic acids is 1. The van der Waals surface area contributed by atoms with Gasteiger partial charge in [0.25, 0.3) is 5.91 Å². The van der Waals surface area contributed by atoms with Crippen LogP contribution in [0.15, 0.2) is 54.7 Å². The molecule has 192 valence electrons. The van der Waals surface area contributed by atoms with Crippen LogP contribution in [0.3, 0.4) is 0 Å². The molecule has 5 rings (SSSR count). The minimum atomic E-state index is -2.80. The van der Waals surface area contributed by atoms with E-state index >= 15 is 0 Å². The van der Waals surface area contributed by atoms with Crippen molar-refractivity contribution in [3.05, 3.63) is 82.9 Å². The van der Waals surface area contributed by atoms with Gasteiger partial charge in [0.2, 0.25) is 5.92 Å². The first-order chi connectivity index (χ1) is 17.7. The van der Waals surface area contributed by atoms with Crippen LogP contribution in [0.5, 0.6) is 0 Å². The molecule has 0 bridgehead atoms. The number of alkyl halides is 2. The van der Waals surface area contributed by atoms with Crippen molar-refractivity contribution in [3.8, 4) is 11.3 Å². The molecule has 2 heterocycles. The molecule has 0 aliphatic heterocycles. The summed E-state index contributed by atoms with van der Waals surface area (Å²) in [7, 11) is 0. The minimum Gasteiger partial charge on any atom is -0.382 e. The molecule has 4 aromatic rings. The summed E-state index contributed by atoms with van der Waals surface area (Å²) in [6.45, 7) is 2.82. The van der Waals surface area contributed by atoms with Crippen molar-refractivity contribution in [1.82, 2.24) is 19.9 Å². The zero-order valence-electron chi connectivity index (χ0n) is 20.7. The number of anilines is 1. The van der Waals surface area contributed by atoms with Crippen LogP contribution < -0.4 is 10.6 Å². The summed E-state index contributed by atoms with van der Waals surface area (Å²) in [6, 6.07) is 13.9. The van der Waals surface area contributed by atoms with Gasteiger partial charge >= 0.3 is 0 Å². The van der Waals surface area contributed by atoms with Gasteiger partial charge in [-0.2, -0.15) is 5.10 Å². The van der Waals surface area contributed by atoms with Gasteiger partial charge < -0.3 is 10.6 Å². The van der Waals surface area contributed by atoms with E-state index in [0.717, 1.165) is 36.5 Å². The molecule has 1 amide bonds. The van der Waals surface area contributed by atoms with Crippen molar-refractivity contribution in [3.63, 3.8) is 0 Å². The fraction of sp³-hybridized carbons (Fsp3) is 0.321. The van der Waals surface area contributed by atoms with E-state index in [0.29, 0.717) is 34.7 Å². The predicted molar refractivity (Wildman–Crippen MR) is 137 cm³/mol. The molecule has 2 aromatic carbocycles. The van der Waals surface area contributed by atoms with E-state index in [1.165, 1.54) is 12.1 Å². The highest BCUT2D eigenvalue weighted by Gasteiger charge is 2.25. The summed E-state index contributed by atoms with van der Waals surface area (Å²) in [5.41, 5.74) is 5.37. The molecule has 1 aliphatic rings. The Balaban J connectivity index is 1.51. The van der Waals surface area contributed by atoms with Crippen LogP contribution in [0.4, 0.5) is 18.9 Å². The van der Waals surface area contributed by atoms with Gasteiger partial charge in [-0.1, -0.05) is 18.2 Å². The number of fused-ring (bicyclic) bond motifs is 1. The Morgan fingerprint density at radius 2 is 1.97 bits per heavy atom. The number of amides is 1. The van der Waals surface area contributed by atoms with Crippen molar-refractivity contribution >= 4 is 17.2 Å². The number of carbonyl (C=O) groups is 1. The minimum absolute atomic E-state index is 0.0503. The molecular weight excluding hydrogens is 479 g/mol. The highest BCUT2D eigenvalue weighted by molar-refractivity contribution is 5.96. The first-order valence-electron chi connectivity index (χ1n) is 12.3. The topological polar surface area (TPSA) is 71.3 Å². The maximum absolute atomic E-state index is 13.8. The molecule has 1 saturated carbocycles. The Kier molecular flexibility index (Phi) is 6.62. The van der Waals surface area contributed by atoms with Crippen molar-refractivity contribution in [2.45, 2.75) is 51.5 Å². The van der Waals surface area contributed by atoms with E-state index in [1.807, 2.05) is 25.1 Å². The number of hydrogen-bond acceptors (Lipinski definition) is 4. The Bertz CT molecular complexity index is 1460. The third-order valence-electron chi connectivity index (χ3n) is 6.35. The summed E-state index contributed by atoms with van der Waals surface area (Å²) < 4.78 is 42.3. The van der Waals surface area contributed by atoms with Gasteiger partial charge in [-0.15, -0.1) is 0 Å². The number of benzene rings is 2. The lowest BCUT2D eigenvalue weighted by Crippen LogP contribution is -2.26. The number of aromatic nitrogens is 3. The molecule has 1 fully saturated rings. The molecule has 0 unspecified atom stereocenters. The molecule has 9 heteroatoms. The Hall–Kier alpha value is -3.88. The van der Waals surface area contributed by atoms with Crippen LogP contribution in [0.2, 0.25) is 0 Å².